The van der Waals surface area contributed by atoms with Crippen LogP contribution in [-0.2, 0) is 16.4 Å². The fourth-order valence-corrected chi connectivity index (χ4v) is 4.08. The molecular weight excluding hydrogens is 334 g/mol. The standard InChI is InChI=1S/C16H14ClN3O2S/c17-14-6-10(8-18)5-11-7-12(9-20-16(11)14)13-3-1-2-4-15(13)23(19,21)22/h1-6,12,20H,7,9H2,(H2,19,21,22). The molecule has 0 radical (unpaired) electrons. The molecule has 0 aromatic heterocycles. The van der Waals surface area contributed by atoms with E-state index < -0.39 is 10.0 Å². The molecule has 2 aromatic rings. The second-order valence-electron chi connectivity index (χ2n) is 5.47. The molecule has 0 amide bonds. The molecule has 1 aliphatic heterocycles. The van der Waals surface area contributed by atoms with Crippen LogP contribution >= 0.6 is 11.6 Å². The molecule has 1 aliphatic rings. The molecule has 1 heterocycles. The highest BCUT2D eigenvalue weighted by Gasteiger charge is 2.26. The van der Waals surface area contributed by atoms with E-state index in [-0.39, 0.29) is 10.8 Å². The Balaban J connectivity index is 2.04. The van der Waals surface area contributed by atoms with Crippen LogP contribution in [0, 0.1) is 11.3 Å². The Bertz CT molecular complexity index is 919. The molecular formula is C16H14ClN3O2S. The number of rotatable bonds is 2. The van der Waals surface area contributed by atoms with Crippen LogP contribution in [0.25, 0.3) is 0 Å². The van der Waals surface area contributed by atoms with E-state index in [0.717, 1.165) is 11.3 Å². The minimum absolute atomic E-state index is 0.0676. The number of fused-ring (bicyclic) bond motifs is 1. The third-order valence-corrected chi connectivity index (χ3v) is 5.24. The smallest absolute Gasteiger partial charge is 0.238 e. The van der Waals surface area contributed by atoms with E-state index in [4.69, 9.17) is 22.0 Å². The van der Waals surface area contributed by atoms with Crippen molar-refractivity contribution in [2.45, 2.75) is 17.2 Å². The summed E-state index contributed by atoms with van der Waals surface area (Å²) in [6.07, 6.45) is 0.587. The lowest BCUT2D eigenvalue weighted by Crippen LogP contribution is -2.25. The number of benzene rings is 2. The SMILES string of the molecule is N#Cc1cc(Cl)c2c(c1)CC(c1ccccc1S(N)(=O)=O)CN2. The zero-order valence-corrected chi connectivity index (χ0v) is 13.7. The van der Waals surface area contributed by atoms with Crippen LogP contribution in [0.4, 0.5) is 5.69 Å². The molecule has 0 fully saturated rings. The summed E-state index contributed by atoms with van der Waals surface area (Å²) in [7, 11) is -3.79. The Labute approximate surface area is 139 Å². The third-order valence-electron chi connectivity index (χ3n) is 3.96. The van der Waals surface area contributed by atoms with Crippen molar-refractivity contribution in [2.75, 3.05) is 11.9 Å². The number of anilines is 1. The number of hydrogen-bond donors (Lipinski definition) is 2. The number of nitrogens with one attached hydrogen (secondary N) is 1. The maximum Gasteiger partial charge on any atom is 0.238 e. The quantitative estimate of drug-likeness (QED) is 0.872. The molecule has 7 heteroatoms. The van der Waals surface area contributed by atoms with Crippen LogP contribution in [-0.4, -0.2) is 15.0 Å². The van der Waals surface area contributed by atoms with Gasteiger partial charge in [0.2, 0.25) is 10.0 Å². The van der Waals surface area contributed by atoms with Crippen molar-refractivity contribution >= 4 is 27.3 Å². The summed E-state index contributed by atoms with van der Waals surface area (Å²) in [4.78, 5) is 0.137. The number of halogens is 1. The number of nitrogens with zero attached hydrogens (tertiary/aromatic N) is 1. The molecule has 3 N–H and O–H groups in total. The Morgan fingerprint density at radius 3 is 2.74 bits per heavy atom. The van der Waals surface area contributed by atoms with Crippen LogP contribution in [0.2, 0.25) is 5.02 Å². The minimum Gasteiger partial charge on any atom is -0.383 e. The Kier molecular flexibility index (Phi) is 4.02. The maximum absolute atomic E-state index is 11.8. The van der Waals surface area contributed by atoms with Crippen molar-refractivity contribution in [1.29, 1.82) is 5.26 Å². The summed E-state index contributed by atoms with van der Waals surface area (Å²) in [6.45, 7) is 0.547. The lowest BCUT2D eigenvalue weighted by molar-refractivity contribution is 0.592. The Morgan fingerprint density at radius 2 is 2.04 bits per heavy atom. The summed E-state index contributed by atoms with van der Waals surface area (Å²) in [5.74, 6) is -0.0676. The average molecular weight is 348 g/mol. The molecule has 2 aromatic carbocycles. The van der Waals surface area contributed by atoms with Crippen LogP contribution in [0.1, 0.15) is 22.6 Å². The molecule has 5 nitrogen and oxygen atoms in total. The zero-order chi connectivity index (χ0) is 16.6. The van der Waals surface area contributed by atoms with Gasteiger partial charge in [0, 0.05) is 12.5 Å². The first kappa shape index (κ1) is 15.8. The summed E-state index contributed by atoms with van der Waals surface area (Å²) in [5.41, 5.74) is 2.85. The van der Waals surface area contributed by atoms with Gasteiger partial charge < -0.3 is 5.32 Å². The van der Waals surface area contributed by atoms with Gasteiger partial charge in [-0.15, -0.1) is 0 Å². The van der Waals surface area contributed by atoms with Gasteiger partial charge in [-0.1, -0.05) is 29.8 Å². The third kappa shape index (κ3) is 3.04. The van der Waals surface area contributed by atoms with Crippen LogP contribution in [0.15, 0.2) is 41.3 Å². The summed E-state index contributed by atoms with van der Waals surface area (Å²) in [6, 6.07) is 12.2. The molecule has 1 atom stereocenters. The summed E-state index contributed by atoms with van der Waals surface area (Å²) in [5, 5.41) is 18.1. The van der Waals surface area contributed by atoms with Gasteiger partial charge in [0.1, 0.15) is 0 Å². The first-order valence-corrected chi connectivity index (χ1v) is 8.90. The molecule has 0 aliphatic carbocycles. The predicted molar refractivity (Wildman–Crippen MR) is 88.9 cm³/mol. The van der Waals surface area contributed by atoms with Gasteiger partial charge in [-0.2, -0.15) is 5.26 Å². The highest BCUT2D eigenvalue weighted by atomic mass is 35.5. The van der Waals surface area contributed by atoms with Crippen LogP contribution in [0.3, 0.4) is 0 Å². The topological polar surface area (TPSA) is 96.0 Å². The van der Waals surface area contributed by atoms with Gasteiger partial charge in [0.25, 0.3) is 0 Å². The summed E-state index contributed by atoms with van der Waals surface area (Å²) < 4.78 is 23.6. The van der Waals surface area contributed by atoms with Gasteiger partial charge in [0.15, 0.2) is 0 Å². The van der Waals surface area contributed by atoms with Crippen molar-refractivity contribution in [1.82, 2.24) is 0 Å². The molecule has 0 saturated heterocycles. The number of hydrogen-bond acceptors (Lipinski definition) is 4. The van der Waals surface area contributed by atoms with Gasteiger partial charge in [0.05, 0.1) is 27.2 Å². The predicted octanol–water partition coefficient (Wildman–Crippen LogP) is 2.61. The molecule has 1 unspecified atom stereocenters. The van der Waals surface area contributed by atoms with E-state index >= 15 is 0 Å². The van der Waals surface area contributed by atoms with Gasteiger partial charge in [-0.05, 0) is 35.7 Å². The van der Waals surface area contributed by atoms with E-state index in [2.05, 4.69) is 11.4 Å². The fourth-order valence-electron chi connectivity index (χ4n) is 2.95. The van der Waals surface area contributed by atoms with Crippen LogP contribution < -0.4 is 10.5 Å². The van der Waals surface area contributed by atoms with Crippen molar-refractivity contribution in [3.8, 4) is 6.07 Å². The molecule has 0 saturated carbocycles. The molecule has 23 heavy (non-hydrogen) atoms. The van der Waals surface area contributed by atoms with Gasteiger partial charge >= 0.3 is 0 Å². The highest BCUT2D eigenvalue weighted by molar-refractivity contribution is 7.89. The maximum atomic E-state index is 11.8. The molecule has 0 spiro atoms. The second kappa shape index (κ2) is 5.85. The lowest BCUT2D eigenvalue weighted by Gasteiger charge is -2.28. The van der Waals surface area contributed by atoms with E-state index in [1.807, 2.05) is 0 Å². The molecule has 0 bridgehead atoms. The summed E-state index contributed by atoms with van der Waals surface area (Å²) >= 11 is 6.19. The minimum atomic E-state index is -3.79. The van der Waals surface area contributed by atoms with Crippen molar-refractivity contribution < 1.29 is 8.42 Å². The normalized spacial score (nSPS) is 17.0. The van der Waals surface area contributed by atoms with E-state index in [1.165, 1.54) is 6.07 Å². The van der Waals surface area contributed by atoms with E-state index in [9.17, 15) is 8.42 Å². The first-order valence-electron chi connectivity index (χ1n) is 6.98. The number of nitriles is 1. The van der Waals surface area contributed by atoms with Crippen molar-refractivity contribution in [3.05, 3.63) is 58.1 Å². The zero-order valence-electron chi connectivity index (χ0n) is 12.1. The largest absolute Gasteiger partial charge is 0.383 e. The Hall–Kier alpha value is -2.07. The van der Waals surface area contributed by atoms with E-state index in [1.54, 1.807) is 30.3 Å². The molecule has 3 rings (SSSR count). The first-order chi connectivity index (χ1) is 10.9. The average Bonchev–Trinajstić information content (AvgIpc) is 2.53. The Morgan fingerprint density at radius 1 is 1.30 bits per heavy atom. The number of primary sulfonamides is 1. The number of sulfonamides is 1. The van der Waals surface area contributed by atoms with Gasteiger partial charge in [-0.3, -0.25) is 0 Å². The van der Waals surface area contributed by atoms with E-state index in [0.29, 0.717) is 29.1 Å². The highest BCUT2D eigenvalue weighted by Crippen LogP contribution is 2.37. The van der Waals surface area contributed by atoms with Crippen LogP contribution in [0.5, 0.6) is 0 Å². The molecule has 118 valence electrons. The van der Waals surface area contributed by atoms with Crippen molar-refractivity contribution in [2.24, 2.45) is 5.14 Å². The van der Waals surface area contributed by atoms with Crippen molar-refractivity contribution in [3.63, 3.8) is 0 Å². The fraction of sp³-hybridized carbons (Fsp3) is 0.188. The van der Waals surface area contributed by atoms with Gasteiger partial charge in [-0.25, -0.2) is 13.6 Å². The monoisotopic (exact) mass is 347 g/mol. The second-order valence-corrected chi connectivity index (χ2v) is 7.41. The number of nitrogens with two attached hydrogens (primary N) is 1. The lowest BCUT2D eigenvalue weighted by atomic mass is 9.87.